The molecule has 0 rings (SSSR count). The summed E-state index contributed by atoms with van der Waals surface area (Å²) in [6.45, 7) is 9.39. The summed E-state index contributed by atoms with van der Waals surface area (Å²) in [5, 5.41) is 0. The minimum Gasteiger partial charge on any atom is -0.382 e. The molecule has 272 valence electrons. The molecule has 0 atom stereocenters. The number of hydrogen-bond donors (Lipinski definition) is 0. The summed E-state index contributed by atoms with van der Waals surface area (Å²) < 4.78 is 42.8. The van der Waals surface area contributed by atoms with E-state index in [2.05, 4.69) is 11.8 Å². The predicted molar refractivity (Wildman–Crippen MR) is 189 cm³/mol. The molecular formula is C36H74O8S. The Labute approximate surface area is 283 Å². The van der Waals surface area contributed by atoms with Crippen LogP contribution in [0.4, 0.5) is 0 Å². The average molecular weight is 667 g/mol. The molecule has 0 aliphatic carbocycles. The van der Waals surface area contributed by atoms with Gasteiger partial charge in [-0.05, 0) is 37.2 Å². The number of methoxy groups -OCH3 is 2. The van der Waals surface area contributed by atoms with Gasteiger partial charge in [0.1, 0.15) is 0 Å². The van der Waals surface area contributed by atoms with E-state index in [9.17, 15) is 0 Å². The summed E-state index contributed by atoms with van der Waals surface area (Å²) in [6.07, 6.45) is 24.4. The molecule has 0 aliphatic heterocycles. The molecule has 0 amide bonds. The van der Waals surface area contributed by atoms with Crippen molar-refractivity contribution >= 4 is 11.8 Å². The Kier molecular flexibility index (Phi) is 44.1. The number of thioether (sulfide) groups is 1. The van der Waals surface area contributed by atoms with E-state index in [1.807, 2.05) is 0 Å². The normalized spacial score (nSPS) is 11.6. The van der Waals surface area contributed by atoms with Crippen molar-refractivity contribution in [3.8, 4) is 0 Å². The number of rotatable bonds is 42. The van der Waals surface area contributed by atoms with Gasteiger partial charge in [0.05, 0.1) is 79.3 Å². The summed E-state index contributed by atoms with van der Waals surface area (Å²) in [4.78, 5) is 0. The first-order chi connectivity index (χ1) is 22.4. The smallest absolute Gasteiger partial charge is 0.0701 e. The zero-order chi connectivity index (χ0) is 32.4. The van der Waals surface area contributed by atoms with Gasteiger partial charge in [-0.25, -0.2) is 0 Å². The second kappa shape index (κ2) is 44.0. The third kappa shape index (κ3) is 44.0. The molecule has 0 N–H and O–H groups in total. The lowest BCUT2D eigenvalue weighted by atomic mass is 10.1. The highest BCUT2D eigenvalue weighted by molar-refractivity contribution is 7.99. The van der Waals surface area contributed by atoms with Crippen molar-refractivity contribution in [3.05, 3.63) is 0 Å². The SMILES string of the molecule is COCCOCCOCCOCCCCCCCCCCCSCCCCCCCCCCCOCCOCCOCCOC. The molecule has 45 heavy (non-hydrogen) atoms. The lowest BCUT2D eigenvalue weighted by Gasteiger charge is -2.07. The van der Waals surface area contributed by atoms with Crippen molar-refractivity contribution in [3.63, 3.8) is 0 Å². The molecule has 0 heterocycles. The third-order valence-electron chi connectivity index (χ3n) is 7.51. The second-order valence-electron chi connectivity index (χ2n) is 11.6. The van der Waals surface area contributed by atoms with E-state index in [-0.39, 0.29) is 0 Å². The first kappa shape index (κ1) is 45.0. The van der Waals surface area contributed by atoms with Crippen molar-refractivity contribution in [1.82, 2.24) is 0 Å². The van der Waals surface area contributed by atoms with Gasteiger partial charge in [-0.15, -0.1) is 0 Å². The van der Waals surface area contributed by atoms with Gasteiger partial charge in [0.15, 0.2) is 0 Å². The fraction of sp³-hybridized carbons (Fsp3) is 1.00. The van der Waals surface area contributed by atoms with E-state index < -0.39 is 0 Å². The van der Waals surface area contributed by atoms with Gasteiger partial charge in [0, 0.05) is 27.4 Å². The van der Waals surface area contributed by atoms with Gasteiger partial charge < -0.3 is 37.9 Å². The number of unbranched alkanes of at least 4 members (excludes halogenated alkanes) is 16. The van der Waals surface area contributed by atoms with Crippen LogP contribution in [0.2, 0.25) is 0 Å². The van der Waals surface area contributed by atoms with E-state index in [0.717, 1.165) is 13.2 Å². The Hall–Kier alpha value is 0.0300. The summed E-state index contributed by atoms with van der Waals surface area (Å²) in [5.41, 5.74) is 0. The van der Waals surface area contributed by atoms with Gasteiger partial charge in [-0.1, -0.05) is 89.9 Å². The van der Waals surface area contributed by atoms with Crippen LogP contribution < -0.4 is 0 Å². The molecule has 0 aromatic carbocycles. The molecular weight excluding hydrogens is 592 g/mol. The van der Waals surface area contributed by atoms with Crippen LogP contribution in [0.15, 0.2) is 0 Å². The summed E-state index contributed by atoms with van der Waals surface area (Å²) in [7, 11) is 3.36. The van der Waals surface area contributed by atoms with Gasteiger partial charge in [-0.2, -0.15) is 11.8 Å². The molecule has 0 unspecified atom stereocenters. The van der Waals surface area contributed by atoms with Gasteiger partial charge >= 0.3 is 0 Å². The van der Waals surface area contributed by atoms with Gasteiger partial charge in [0.25, 0.3) is 0 Å². The molecule has 0 spiro atoms. The maximum atomic E-state index is 5.65. The molecule has 0 saturated carbocycles. The maximum Gasteiger partial charge on any atom is 0.0701 e. The quantitative estimate of drug-likeness (QED) is 0.0601. The van der Waals surface area contributed by atoms with Crippen molar-refractivity contribution in [2.45, 2.75) is 116 Å². The minimum absolute atomic E-state index is 0.620. The molecule has 0 saturated heterocycles. The lowest BCUT2D eigenvalue weighted by Crippen LogP contribution is -2.11. The van der Waals surface area contributed by atoms with Crippen LogP contribution in [0.1, 0.15) is 116 Å². The second-order valence-corrected chi connectivity index (χ2v) is 12.9. The van der Waals surface area contributed by atoms with E-state index in [0.29, 0.717) is 79.3 Å². The average Bonchev–Trinajstić information content (AvgIpc) is 3.05. The monoisotopic (exact) mass is 667 g/mol. The topological polar surface area (TPSA) is 73.8 Å². The molecule has 0 fully saturated rings. The first-order valence-electron chi connectivity index (χ1n) is 18.4. The van der Waals surface area contributed by atoms with Gasteiger partial charge in [0.2, 0.25) is 0 Å². The highest BCUT2D eigenvalue weighted by Gasteiger charge is 1.98. The summed E-state index contributed by atoms with van der Waals surface area (Å²) in [6, 6.07) is 0. The molecule has 0 radical (unpaired) electrons. The van der Waals surface area contributed by atoms with E-state index in [1.165, 1.54) is 127 Å². The van der Waals surface area contributed by atoms with Crippen LogP contribution in [0.3, 0.4) is 0 Å². The molecule has 8 nitrogen and oxygen atoms in total. The zero-order valence-corrected chi connectivity index (χ0v) is 30.5. The highest BCUT2D eigenvalue weighted by atomic mass is 32.2. The fourth-order valence-electron chi connectivity index (χ4n) is 4.76. The number of hydrogen-bond acceptors (Lipinski definition) is 9. The highest BCUT2D eigenvalue weighted by Crippen LogP contribution is 2.15. The summed E-state index contributed by atoms with van der Waals surface area (Å²) >= 11 is 2.17. The van der Waals surface area contributed by atoms with Crippen LogP contribution in [-0.2, 0) is 37.9 Å². The van der Waals surface area contributed by atoms with Crippen molar-refractivity contribution in [2.24, 2.45) is 0 Å². The molecule has 0 aromatic rings. The molecule has 0 bridgehead atoms. The van der Waals surface area contributed by atoms with E-state index in [1.54, 1.807) is 14.2 Å². The van der Waals surface area contributed by atoms with Crippen molar-refractivity contribution in [2.75, 3.05) is 118 Å². The molecule has 9 heteroatoms. The Morgan fingerprint density at radius 3 is 0.756 bits per heavy atom. The predicted octanol–water partition coefficient (Wildman–Crippen LogP) is 8.13. The van der Waals surface area contributed by atoms with Crippen molar-refractivity contribution < 1.29 is 37.9 Å². The Morgan fingerprint density at radius 2 is 0.467 bits per heavy atom. The zero-order valence-electron chi connectivity index (χ0n) is 29.7. The first-order valence-corrected chi connectivity index (χ1v) is 19.6. The van der Waals surface area contributed by atoms with Gasteiger partial charge in [-0.3, -0.25) is 0 Å². The molecule has 0 aliphatic rings. The van der Waals surface area contributed by atoms with Crippen LogP contribution in [0.5, 0.6) is 0 Å². The number of ether oxygens (including phenoxy) is 8. The maximum absolute atomic E-state index is 5.65. The Morgan fingerprint density at radius 1 is 0.244 bits per heavy atom. The van der Waals surface area contributed by atoms with E-state index >= 15 is 0 Å². The largest absolute Gasteiger partial charge is 0.382 e. The van der Waals surface area contributed by atoms with Crippen LogP contribution in [0, 0.1) is 0 Å². The lowest BCUT2D eigenvalue weighted by molar-refractivity contribution is 0.00323. The van der Waals surface area contributed by atoms with Crippen molar-refractivity contribution in [1.29, 1.82) is 0 Å². The van der Waals surface area contributed by atoms with E-state index in [4.69, 9.17) is 37.9 Å². The van der Waals surface area contributed by atoms with Crippen LogP contribution in [0.25, 0.3) is 0 Å². The Bertz CT molecular complexity index is 462. The third-order valence-corrected chi connectivity index (χ3v) is 8.66. The fourth-order valence-corrected chi connectivity index (χ4v) is 5.78. The van der Waals surface area contributed by atoms with Crippen LogP contribution >= 0.6 is 11.8 Å². The minimum atomic E-state index is 0.620. The standard InChI is InChI=1S/C36H74O8S/c1-37-23-25-41-31-33-43-29-27-39-21-17-13-9-5-3-7-11-15-19-35-45-36-20-16-12-8-4-6-10-14-18-22-40-28-30-44-34-32-42-26-24-38-2/h3-36H2,1-2H3. The molecule has 0 aromatic heterocycles. The van der Waals surface area contributed by atoms with Crippen LogP contribution in [-0.4, -0.2) is 118 Å². The Balaban J connectivity index is 3.03. The summed E-state index contributed by atoms with van der Waals surface area (Å²) in [5.74, 6) is 2.71.